The van der Waals surface area contributed by atoms with Crippen molar-refractivity contribution >= 4 is 10.0 Å². The lowest BCUT2D eigenvalue weighted by Crippen LogP contribution is -2.43. The van der Waals surface area contributed by atoms with Gasteiger partial charge in [-0.05, 0) is 43.4 Å². The first kappa shape index (κ1) is 17.6. The van der Waals surface area contributed by atoms with Crippen LogP contribution >= 0.6 is 0 Å². The third-order valence-corrected chi connectivity index (χ3v) is 6.84. The number of ether oxygens (including phenoxy) is 3. The molecule has 0 aromatic rings. The highest BCUT2D eigenvalue weighted by molar-refractivity contribution is 7.88. The molecule has 3 rings (SSSR count). The lowest BCUT2D eigenvalue weighted by Gasteiger charge is -2.37. The second kappa shape index (κ2) is 7.35. The minimum absolute atomic E-state index is 0.161. The monoisotopic (exact) mass is 347 g/mol. The van der Waals surface area contributed by atoms with E-state index in [0.717, 1.165) is 58.5 Å². The fourth-order valence-corrected chi connectivity index (χ4v) is 4.77. The Morgan fingerprint density at radius 3 is 2.52 bits per heavy atom. The predicted molar refractivity (Wildman–Crippen MR) is 86.8 cm³/mol. The molecule has 3 heterocycles. The van der Waals surface area contributed by atoms with Gasteiger partial charge in [0.05, 0.1) is 25.6 Å². The standard InChI is InChI=1S/C16H29NO5S/c1-23(18,19)17-6-4-16(5-7-17)10-15(22-13-16)12-21-11-14-2-8-20-9-3-14/h14-15H,2-13H2,1H3. The molecule has 0 N–H and O–H groups in total. The highest BCUT2D eigenvalue weighted by Gasteiger charge is 2.43. The summed E-state index contributed by atoms with van der Waals surface area (Å²) in [6.07, 6.45) is 6.45. The van der Waals surface area contributed by atoms with E-state index in [2.05, 4.69) is 0 Å². The zero-order chi connectivity index (χ0) is 16.3. The third-order valence-electron chi connectivity index (χ3n) is 5.54. The molecular weight excluding hydrogens is 318 g/mol. The van der Waals surface area contributed by atoms with Crippen LogP contribution in [-0.4, -0.2) is 71.2 Å². The molecule has 1 unspecified atom stereocenters. The number of piperidine rings is 1. The normalized spacial score (nSPS) is 30.0. The molecule has 7 heteroatoms. The van der Waals surface area contributed by atoms with Crippen LogP contribution in [-0.2, 0) is 24.2 Å². The Labute approximate surface area is 139 Å². The molecule has 0 bridgehead atoms. The van der Waals surface area contributed by atoms with Gasteiger partial charge in [-0.3, -0.25) is 0 Å². The zero-order valence-corrected chi connectivity index (χ0v) is 14.9. The Bertz CT molecular complexity index is 481. The van der Waals surface area contributed by atoms with Crippen LogP contribution in [0.25, 0.3) is 0 Å². The van der Waals surface area contributed by atoms with Gasteiger partial charge in [-0.15, -0.1) is 0 Å². The van der Waals surface area contributed by atoms with Gasteiger partial charge >= 0.3 is 0 Å². The van der Waals surface area contributed by atoms with Gasteiger partial charge in [0.25, 0.3) is 0 Å². The Morgan fingerprint density at radius 2 is 1.87 bits per heavy atom. The highest BCUT2D eigenvalue weighted by atomic mass is 32.2. The molecule has 0 aromatic heterocycles. The van der Waals surface area contributed by atoms with Crippen LogP contribution in [0.1, 0.15) is 32.1 Å². The van der Waals surface area contributed by atoms with Gasteiger partial charge in [0, 0.05) is 32.9 Å². The smallest absolute Gasteiger partial charge is 0.211 e. The van der Waals surface area contributed by atoms with Crippen LogP contribution < -0.4 is 0 Å². The minimum atomic E-state index is -3.05. The number of rotatable bonds is 5. The van der Waals surface area contributed by atoms with Crippen LogP contribution in [0.3, 0.4) is 0 Å². The van der Waals surface area contributed by atoms with Crippen molar-refractivity contribution in [1.29, 1.82) is 0 Å². The summed E-state index contributed by atoms with van der Waals surface area (Å²) in [5, 5.41) is 0. The van der Waals surface area contributed by atoms with Crippen LogP contribution in [0.5, 0.6) is 0 Å². The van der Waals surface area contributed by atoms with Crippen molar-refractivity contribution < 1.29 is 22.6 Å². The largest absolute Gasteiger partial charge is 0.381 e. The van der Waals surface area contributed by atoms with Crippen molar-refractivity contribution in [3.8, 4) is 0 Å². The van der Waals surface area contributed by atoms with Gasteiger partial charge in [-0.2, -0.15) is 0 Å². The molecular formula is C16H29NO5S. The quantitative estimate of drug-likeness (QED) is 0.749. The summed E-state index contributed by atoms with van der Waals surface area (Å²) in [4.78, 5) is 0. The lowest BCUT2D eigenvalue weighted by atomic mass is 9.77. The van der Waals surface area contributed by atoms with Crippen LogP contribution in [0, 0.1) is 11.3 Å². The second-order valence-corrected chi connectivity index (χ2v) is 9.37. The summed E-state index contributed by atoms with van der Waals surface area (Å²) in [6, 6.07) is 0. The van der Waals surface area contributed by atoms with Crippen molar-refractivity contribution in [1.82, 2.24) is 4.31 Å². The predicted octanol–water partition coefficient (Wildman–Crippen LogP) is 1.26. The van der Waals surface area contributed by atoms with Crippen molar-refractivity contribution in [3.63, 3.8) is 0 Å². The molecule has 3 saturated heterocycles. The SMILES string of the molecule is CS(=O)(=O)N1CCC2(CC1)COC(COCC1CCOCC1)C2. The van der Waals surface area contributed by atoms with E-state index < -0.39 is 10.0 Å². The molecule has 134 valence electrons. The van der Waals surface area contributed by atoms with Crippen LogP contribution in [0.4, 0.5) is 0 Å². The molecule has 1 atom stereocenters. The van der Waals surface area contributed by atoms with Crippen molar-refractivity contribution in [3.05, 3.63) is 0 Å². The molecule has 3 fully saturated rings. The molecule has 6 nitrogen and oxygen atoms in total. The Kier molecular flexibility index (Phi) is 5.63. The van der Waals surface area contributed by atoms with Crippen molar-refractivity contribution in [2.24, 2.45) is 11.3 Å². The van der Waals surface area contributed by atoms with E-state index >= 15 is 0 Å². The molecule has 23 heavy (non-hydrogen) atoms. The Balaban J connectivity index is 1.38. The highest BCUT2D eigenvalue weighted by Crippen LogP contribution is 2.42. The van der Waals surface area contributed by atoms with Gasteiger partial charge in [-0.1, -0.05) is 0 Å². The van der Waals surface area contributed by atoms with Crippen LogP contribution in [0.2, 0.25) is 0 Å². The number of nitrogens with zero attached hydrogens (tertiary/aromatic N) is 1. The van der Waals surface area contributed by atoms with Crippen molar-refractivity contribution in [2.75, 3.05) is 52.4 Å². The van der Waals surface area contributed by atoms with E-state index in [1.807, 2.05) is 0 Å². The van der Waals surface area contributed by atoms with E-state index in [4.69, 9.17) is 14.2 Å². The second-order valence-electron chi connectivity index (χ2n) is 7.39. The van der Waals surface area contributed by atoms with Crippen LogP contribution in [0.15, 0.2) is 0 Å². The molecule has 0 amide bonds. The fourth-order valence-electron chi connectivity index (χ4n) is 3.92. The molecule has 0 radical (unpaired) electrons. The fraction of sp³-hybridized carbons (Fsp3) is 1.00. The van der Waals surface area contributed by atoms with E-state index in [0.29, 0.717) is 25.6 Å². The summed E-state index contributed by atoms with van der Waals surface area (Å²) in [5.74, 6) is 0.622. The maximum absolute atomic E-state index is 11.6. The third kappa shape index (κ3) is 4.66. The molecule has 0 saturated carbocycles. The Morgan fingerprint density at radius 1 is 1.17 bits per heavy atom. The first-order chi connectivity index (χ1) is 11.0. The molecule has 3 aliphatic rings. The summed E-state index contributed by atoms with van der Waals surface area (Å²) in [5.41, 5.74) is 0.161. The first-order valence-electron chi connectivity index (χ1n) is 8.69. The number of sulfonamides is 1. The summed E-state index contributed by atoms with van der Waals surface area (Å²) in [7, 11) is -3.05. The summed E-state index contributed by atoms with van der Waals surface area (Å²) < 4.78 is 42.0. The maximum atomic E-state index is 11.6. The van der Waals surface area contributed by atoms with Gasteiger partial charge in [0.2, 0.25) is 10.0 Å². The van der Waals surface area contributed by atoms with E-state index in [-0.39, 0.29) is 11.5 Å². The van der Waals surface area contributed by atoms with Gasteiger partial charge in [0.15, 0.2) is 0 Å². The molecule has 0 aliphatic carbocycles. The van der Waals surface area contributed by atoms with Crippen molar-refractivity contribution in [2.45, 2.75) is 38.2 Å². The summed E-state index contributed by atoms with van der Waals surface area (Å²) in [6.45, 7) is 5.17. The lowest BCUT2D eigenvalue weighted by molar-refractivity contribution is -0.0181. The topological polar surface area (TPSA) is 65.1 Å². The zero-order valence-electron chi connectivity index (χ0n) is 14.0. The minimum Gasteiger partial charge on any atom is -0.381 e. The number of hydrogen-bond acceptors (Lipinski definition) is 5. The average Bonchev–Trinajstić information content (AvgIpc) is 2.91. The summed E-state index contributed by atoms with van der Waals surface area (Å²) >= 11 is 0. The molecule has 0 aromatic carbocycles. The molecule has 1 spiro atoms. The van der Waals surface area contributed by atoms with Gasteiger partial charge in [0.1, 0.15) is 0 Å². The maximum Gasteiger partial charge on any atom is 0.211 e. The first-order valence-corrected chi connectivity index (χ1v) is 10.5. The average molecular weight is 347 g/mol. The Hall–Kier alpha value is -0.210. The number of hydrogen-bond donors (Lipinski definition) is 0. The van der Waals surface area contributed by atoms with Gasteiger partial charge in [-0.25, -0.2) is 12.7 Å². The van der Waals surface area contributed by atoms with E-state index in [1.165, 1.54) is 6.26 Å². The van der Waals surface area contributed by atoms with Gasteiger partial charge < -0.3 is 14.2 Å². The molecule has 3 aliphatic heterocycles. The van der Waals surface area contributed by atoms with E-state index in [1.54, 1.807) is 4.31 Å². The van der Waals surface area contributed by atoms with E-state index in [9.17, 15) is 8.42 Å².